The number of carbonyl (C=O) groups excluding carboxylic acids is 2. The maximum Gasteiger partial charge on any atom is 0.257 e. The number of aliphatic hydroxyl groups is 1. The lowest BCUT2D eigenvalue weighted by molar-refractivity contribution is -0.131. The Morgan fingerprint density at radius 2 is 1.97 bits per heavy atom. The monoisotopic (exact) mass is 501 g/mol. The summed E-state index contributed by atoms with van der Waals surface area (Å²) >= 11 is 6.34. The van der Waals surface area contributed by atoms with Crippen molar-refractivity contribution in [3.8, 4) is 5.69 Å². The molecule has 0 saturated heterocycles. The lowest BCUT2D eigenvalue weighted by atomic mass is 10.1. The molecule has 0 unspecified atom stereocenters. The average molecular weight is 502 g/mol. The van der Waals surface area contributed by atoms with Gasteiger partial charge in [0.25, 0.3) is 11.8 Å². The summed E-state index contributed by atoms with van der Waals surface area (Å²) in [5.74, 6) is -0.228. The molecule has 2 saturated carbocycles. The van der Waals surface area contributed by atoms with E-state index in [2.05, 4.69) is 26.8 Å². The van der Waals surface area contributed by atoms with Crippen LogP contribution in [-0.2, 0) is 11.3 Å². The maximum absolute atomic E-state index is 13.2. The molecule has 0 bridgehead atoms. The number of pyridine rings is 1. The summed E-state index contributed by atoms with van der Waals surface area (Å²) in [5, 5.41) is 21.3. The number of carbonyl (C=O) groups is 2. The minimum atomic E-state index is -1.24. The third-order valence-electron chi connectivity index (χ3n) is 6.74. The highest BCUT2D eigenvalue weighted by Gasteiger charge is 2.47. The molecular formula is C27H24ClN5O3. The van der Waals surface area contributed by atoms with E-state index < -0.39 is 11.5 Å². The van der Waals surface area contributed by atoms with Crippen LogP contribution in [0.15, 0.2) is 60.9 Å². The summed E-state index contributed by atoms with van der Waals surface area (Å²) in [6, 6.07) is 14.7. The molecule has 2 aliphatic rings. The van der Waals surface area contributed by atoms with E-state index in [4.69, 9.17) is 11.6 Å². The topological polar surface area (TPSA) is 109 Å². The third kappa shape index (κ3) is 4.34. The van der Waals surface area contributed by atoms with Gasteiger partial charge in [-0.1, -0.05) is 23.7 Å². The molecule has 8 nitrogen and oxygen atoms in total. The second kappa shape index (κ2) is 8.72. The Morgan fingerprint density at radius 1 is 1.14 bits per heavy atom. The van der Waals surface area contributed by atoms with Crippen molar-refractivity contribution in [2.24, 2.45) is 0 Å². The number of hydrogen-bond acceptors (Lipinski definition) is 5. The van der Waals surface area contributed by atoms with Crippen molar-refractivity contribution in [3.63, 3.8) is 0 Å². The van der Waals surface area contributed by atoms with Crippen LogP contribution < -0.4 is 10.6 Å². The Balaban J connectivity index is 1.23. The summed E-state index contributed by atoms with van der Waals surface area (Å²) in [6.07, 6.45) is 6.83. The molecule has 2 aliphatic carbocycles. The summed E-state index contributed by atoms with van der Waals surface area (Å²) in [5.41, 5.74) is 3.24. The fourth-order valence-corrected chi connectivity index (χ4v) is 4.48. The van der Waals surface area contributed by atoms with Crippen molar-refractivity contribution < 1.29 is 14.7 Å². The Hall–Kier alpha value is -3.75. The molecule has 4 aromatic rings. The van der Waals surface area contributed by atoms with Crippen molar-refractivity contribution in [2.45, 2.75) is 43.7 Å². The van der Waals surface area contributed by atoms with Gasteiger partial charge in [-0.15, -0.1) is 0 Å². The van der Waals surface area contributed by atoms with E-state index >= 15 is 0 Å². The van der Waals surface area contributed by atoms with E-state index in [0.29, 0.717) is 40.6 Å². The largest absolute Gasteiger partial charge is 0.380 e. The van der Waals surface area contributed by atoms with Crippen LogP contribution in [0.5, 0.6) is 0 Å². The molecule has 3 N–H and O–H groups in total. The van der Waals surface area contributed by atoms with Gasteiger partial charge in [0, 0.05) is 29.7 Å². The number of aromatic nitrogens is 3. The zero-order valence-corrected chi connectivity index (χ0v) is 20.1. The molecule has 0 spiro atoms. The van der Waals surface area contributed by atoms with Crippen molar-refractivity contribution in [2.75, 3.05) is 5.32 Å². The number of fused-ring (bicyclic) bond motifs is 1. The molecule has 0 aliphatic heterocycles. The van der Waals surface area contributed by atoms with Crippen molar-refractivity contribution >= 4 is 40.0 Å². The minimum Gasteiger partial charge on any atom is -0.380 e. The van der Waals surface area contributed by atoms with Crippen LogP contribution in [0.3, 0.4) is 0 Å². The van der Waals surface area contributed by atoms with Crippen LogP contribution in [-0.4, -0.2) is 37.3 Å². The predicted molar refractivity (Wildman–Crippen MR) is 136 cm³/mol. The lowest BCUT2D eigenvalue weighted by Crippen LogP contribution is -2.35. The van der Waals surface area contributed by atoms with Gasteiger partial charge in [-0.2, -0.15) is 5.10 Å². The van der Waals surface area contributed by atoms with Gasteiger partial charge in [-0.05, 0) is 67.6 Å². The van der Waals surface area contributed by atoms with Gasteiger partial charge < -0.3 is 15.7 Å². The first-order valence-corrected chi connectivity index (χ1v) is 12.3. The first kappa shape index (κ1) is 22.7. The zero-order chi connectivity index (χ0) is 24.9. The van der Waals surface area contributed by atoms with Crippen molar-refractivity contribution in [1.82, 2.24) is 20.1 Å². The van der Waals surface area contributed by atoms with Crippen LogP contribution in [0.4, 0.5) is 5.69 Å². The molecule has 2 aromatic heterocycles. The van der Waals surface area contributed by atoms with Gasteiger partial charge in [0.1, 0.15) is 5.60 Å². The fraction of sp³-hybridized carbons (Fsp3) is 0.259. The molecule has 0 atom stereocenters. The molecule has 2 amide bonds. The van der Waals surface area contributed by atoms with Gasteiger partial charge in [0.05, 0.1) is 33.7 Å². The Labute approximate surface area is 212 Å². The van der Waals surface area contributed by atoms with Crippen LogP contribution in [0.1, 0.15) is 53.2 Å². The number of nitrogens with one attached hydrogen (secondary N) is 2. The molecule has 2 fully saturated rings. The molecular weight excluding hydrogens is 478 g/mol. The van der Waals surface area contributed by atoms with E-state index in [0.717, 1.165) is 22.3 Å². The molecule has 2 heterocycles. The number of halogens is 1. The average Bonchev–Trinajstić information content (AvgIpc) is 3.82. The quantitative estimate of drug-likeness (QED) is 0.349. The molecule has 0 radical (unpaired) electrons. The standard InChI is InChI=1S/C27H24ClN5O3/c28-21-7-4-16(14-30-26(35)27(36)9-10-27)12-19(21)25(34)32-22-2-1-3-24-20(22)15-31-33(24)18-8-11-29-23(13-18)17-5-6-17/h1-4,7-8,11-13,15,17,36H,5-6,9-10,14H2,(H,30,35)(H,32,34). The van der Waals surface area contributed by atoms with Gasteiger partial charge in [0.2, 0.25) is 0 Å². The predicted octanol–water partition coefficient (Wildman–Crippen LogP) is 4.34. The Bertz CT molecular complexity index is 1510. The SMILES string of the molecule is O=C(Nc1cccc2c1cnn2-c1ccnc(C2CC2)c1)c1cc(CNC(=O)C2(O)CC2)ccc1Cl. The van der Waals surface area contributed by atoms with Crippen LogP contribution in [0, 0.1) is 0 Å². The van der Waals surface area contributed by atoms with Crippen LogP contribution >= 0.6 is 11.6 Å². The van der Waals surface area contributed by atoms with E-state index in [1.807, 2.05) is 35.1 Å². The molecule has 182 valence electrons. The first-order chi connectivity index (χ1) is 17.4. The number of rotatable bonds is 7. The highest BCUT2D eigenvalue weighted by atomic mass is 35.5. The second-order valence-electron chi connectivity index (χ2n) is 9.49. The van der Waals surface area contributed by atoms with Gasteiger partial charge in [0.15, 0.2) is 0 Å². The Morgan fingerprint density at radius 3 is 2.75 bits per heavy atom. The minimum absolute atomic E-state index is 0.190. The first-order valence-electron chi connectivity index (χ1n) is 11.9. The summed E-state index contributed by atoms with van der Waals surface area (Å²) < 4.78 is 1.85. The highest BCUT2D eigenvalue weighted by molar-refractivity contribution is 6.34. The smallest absolute Gasteiger partial charge is 0.257 e. The van der Waals surface area contributed by atoms with Gasteiger partial charge >= 0.3 is 0 Å². The van der Waals surface area contributed by atoms with E-state index in [-0.39, 0.29) is 12.5 Å². The number of nitrogens with zero attached hydrogens (tertiary/aromatic N) is 3. The highest BCUT2D eigenvalue weighted by Crippen LogP contribution is 2.39. The lowest BCUT2D eigenvalue weighted by Gasteiger charge is -2.12. The summed E-state index contributed by atoms with van der Waals surface area (Å²) in [4.78, 5) is 29.7. The van der Waals surface area contributed by atoms with E-state index in [1.54, 1.807) is 24.4 Å². The molecule has 6 rings (SSSR count). The van der Waals surface area contributed by atoms with Crippen molar-refractivity contribution in [3.05, 3.63) is 82.8 Å². The van der Waals surface area contributed by atoms with E-state index in [1.165, 1.54) is 12.8 Å². The molecule has 2 aromatic carbocycles. The number of benzene rings is 2. The molecule has 36 heavy (non-hydrogen) atoms. The molecule has 9 heteroatoms. The summed E-state index contributed by atoms with van der Waals surface area (Å²) in [6.45, 7) is 0.190. The number of amides is 2. The Kier molecular flexibility index (Phi) is 5.50. The van der Waals surface area contributed by atoms with Crippen LogP contribution in [0.25, 0.3) is 16.6 Å². The number of anilines is 1. The fourth-order valence-electron chi connectivity index (χ4n) is 4.27. The van der Waals surface area contributed by atoms with Crippen molar-refractivity contribution in [1.29, 1.82) is 0 Å². The third-order valence-corrected chi connectivity index (χ3v) is 7.07. The van der Waals surface area contributed by atoms with Crippen LogP contribution in [0.2, 0.25) is 5.02 Å². The zero-order valence-electron chi connectivity index (χ0n) is 19.4. The van der Waals surface area contributed by atoms with E-state index in [9.17, 15) is 14.7 Å². The number of hydrogen-bond donors (Lipinski definition) is 3. The maximum atomic E-state index is 13.2. The van der Waals surface area contributed by atoms with Gasteiger partial charge in [-0.3, -0.25) is 14.6 Å². The normalized spacial score (nSPS) is 16.1. The summed E-state index contributed by atoms with van der Waals surface area (Å²) in [7, 11) is 0. The van der Waals surface area contributed by atoms with Gasteiger partial charge in [-0.25, -0.2) is 4.68 Å². The second-order valence-corrected chi connectivity index (χ2v) is 9.90.